The molecule has 0 bridgehead atoms. The number of aliphatic imine (C=N–C) groups is 2. The molecule has 4 aliphatic heterocycles. The monoisotopic (exact) mass is 540 g/mol. The van der Waals surface area contributed by atoms with Crippen LogP contribution in [0.1, 0.15) is 27.0 Å². The van der Waals surface area contributed by atoms with E-state index in [0.29, 0.717) is 17.1 Å². The molecular weight excluding hydrogens is 520 g/mol. The molecule has 1 amide bonds. The summed E-state index contributed by atoms with van der Waals surface area (Å²) in [6, 6.07) is 36.6. The summed E-state index contributed by atoms with van der Waals surface area (Å²) < 4.78 is 6.35. The second kappa shape index (κ2) is 7.71. The number of carbonyl (C=O) groups is 1. The van der Waals surface area contributed by atoms with Crippen LogP contribution < -0.4 is 14.5 Å². The van der Waals surface area contributed by atoms with Gasteiger partial charge >= 0.3 is 0 Å². The van der Waals surface area contributed by atoms with Crippen molar-refractivity contribution in [3.8, 4) is 11.5 Å². The van der Waals surface area contributed by atoms with Crippen LogP contribution >= 0.6 is 0 Å². The smallest absolute Gasteiger partial charge is 0.264 e. The molecule has 0 atom stereocenters. The Hall–Kier alpha value is -5.75. The van der Waals surface area contributed by atoms with Crippen molar-refractivity contribution >= 4 is 61.9 Å². The van der Waals surface area contributed by atoms with Crippen molar-refractivity contribution in [3.05, 3.63) is 131 Å². The summed E-state index contributed by atoms with van der Waals surface area (Å²) in [6.45, 7) is 0.725. The highest BCUT2D eigenvalue weighted by atomic mass is 16.5. The predicted molar refractivity (Wildman–Crippen MR) is 166 cm³/mol. The van der Waals surface area contributed by atoms with Gasteiger partial charge in [0.25, 0.3) is 5.91 Å². The highest BCUT2D eigenvalue weighted by Crippen LogP contribution is 2.45. The summed E-state index contributed by atoms with van der Waals surface area (Å²) in [5.41, 5.74) is 7.62. The van der Waals surface area contributed by atoms with Crippen molar-refractivity contribution in [1.82, 2.24) is 0 Å². The minimum Gasteiger partial charge on any atom is -0.457 e. The van der Waals surface area contributed by atoms with Gasteiger partial charge in [0.05, 0.1) is 34.9 Å². The first-order chi connectivity index (χ1) is 20.7. The SMILES string of the molecule is O=C1c2cc(Oc3ccc4c(c3)CN3C4=Nc4cccc5cccc3c45)ccc2C2=Nc3cccc4cccc(c34)N12. The zero-order valence-corrected chi connectivity index (χ0v) is 22.2. The van der Waals surface area contributed by atoms with Gasteiger partial charge in [0.2, 0.25) is 0 Å². The zero-order valence-electron chi connectivity index (χ0n) is 22.2. The van der Waals surface area contributed by atoms with Gasteiger partial charge < -0.3 is 9.64 Å². The fraction of sp³-hybridized carbons (Fsp3) is 0.0278. The van der Waals surface area contributed by atoms with Crippen LogP contribution in [0, 0.1) is 0 Å². The molecule has 42 heavy (non-hydrogen) atoms. The van der Waals surface area contributed by atoms with E-state index in [1.54, 1.807) is 4.90 Å². The molecule has 0 fully saturated rings. The van der Waals surface area contributed by atoms with Crippen LogP contribution in [0.4, 0.5) is 22.7 Å². The number of rotatable bonds is 2. The van der Waals surface area contributed by atoms with Crippen LogP contribution in [-0.4, -0.2) is 17.6 Å². The fourth-order valence-corrected chi connectivity index (χ4v) is 6.89. The molecule has 10 rings (SSSR count). The van der Waals surface area contributed by atoms with Gasteiger partial charge in [0, 0.05) is 21.9 Å². The summed E-state index contributed by atoms with van der Waals surface area (Å²) in [5.74, 6) is 2.89. The van der Waals surface area contributed by atoms with Gasteiger partial charge in [0.1, 0.15) is 23.2 Å². The lowest BCUT2D eigenvalue weighted by atomic mass is 10.0. The second-order valence-corrected chi connectivity index (χ2v) is 11.0. The van der Waals surface area contributed by atoms with Crippen molar-refractivity contribution in [2.24, 2.45) is 9.98 Å². The zero-order chi connectivity index (χ0) is 27.5. The third-order valence-electron chi connectivity index (χ3n) is 8.72. The summed E-state index contributed by atoms with van der Waals surface area (Å²) in [4.78, 5) is 27.7. The van der Waals surface area contributed by atoms with Gasteiger partial charge in [0.15, 0.2) is 0 Å². The lowest BCUT2D eigenvalue weighted by Gasteiger charge is -2.25. The molecule has 6 aromatic carbocycles. The minimum absolute atomic E-state index is 0.0891. The van der Waals surface area contributed by atoms with Gasteiger partial charge in [-0.3, -0.25) is 9.69 Å². The van der Waals surface area contributed by atoms with Crippen molar-refractivity contribution in [2.75, 3.05) is 9.80 Å². The van der Waals surface area contributed by atoms with Gasteiger partial charge in [-0.05, 0) is 77.0 Å². The molecule has 0 unspecified atom stereocenters. The Morgan fingerprint density at radius 3 is 1.98 bits per heavy atom. The van der Waals surface area contributed by atoms with Gasteiger partial charge in [-0.25, -0.2) is 9.98 Å². The van der Waals surface area contributed by atoms with Gasteiger partial charge in [-0.15, -0.1) is 0 Å². The van der Waals surface area contributed by atoms with Crippen molar-refractivity contribution < 1.29 is 9.53 Å². The number of anilines is 2. The Morgan fingerprint density at radius 1 is 0.595 bits per heavy atom. The molecule has 6 nitrogen and oxygen atoms in total. The van der Waals surface area contributed by atoms with Crippen LogP contribution in [0.5, 0.6) is 11.5 Å². The summed E-state index contributed by atoms with van der Waals surface area (Å²) in [5, 5.41) is 4.46. The Balaban J connectivity index is 0.996. The number of hydrogen-bond acceptors (Lipinski definition) is 5. The van der Waals surface area contributed by atoms with Gasteiger partial charge in [-0.2, -0.15) is 0 Å². The quantitative estimate of drug-likeness (QED) is 0.222. The molecule has 0 saturated carbocycles. The molecule has 4 aliphatic rings. The van der Waals surface area contributed by atoms with E-state index in [0.717, 1.165) is 62.7 Å². The van der Waals surface area contributed by atoms with Crippen molar-refractivity contribution in [1.29, 1.82) is 0 Å². The maximum Gasteiger partial charge on any atom is 0.264 e. The molecule has 0 saturated heterocycles. The van der Waals surface area contributed by atoms with Crippen molar-refractivity contribution in [3.63, 3.8) is 0 Å². The highest BCUT2D eigenvalue weighted by molar-refractivity contribution is 6.40. The van der Waals surface area contributed by atoms with Crippen LogP contribution in [0.2, 0.25) is 0 Å². The highest BCUT2D eigenvalue weighted by Gasteiger charge is 2.38. The normalized spacial score (nSPS) is 15.3. The number of benzene rings is 6. The third-order valence-corrected chi connectivity index (χ3v) is 8.72. The maximum absolute atomic E-state index is 13.7. The molecule has 6 aromatic rings. The van der Waals surface area contributed by atoms with Crippen molar-refractivity contribution in [2.45, 2.75) is 6.54 Å². The second-order valence-electron chi connectivity index (χ2n) is 11.0. The first-order valence-electron chi connectivity index (χ1n) is 14.0. The average molecular weight is 541 g/mol. The maximum atomic E-state index is 13.7. The molecule has 0 N–H and O–H groups in total. The molecule has 0 aromatic heterocycles. The Kier molecular flexibility index (Phi) is 4.04. The number of amides is 1. The lowest BCUT2D eigenvalue weighted by Crippen LogP contribution is -2.31. The van der Waals surface area contributed by atoms with Crippen LogP contribution in [-0.2, 0) is 6.54 Å². The molecule has 0 spiro atoms. The molecule has 0 aliphatic carbocycles. The van der Waals surface area contributed by atoms with E-state index in [-0.39, 0.29) is 5.91 Å². The summed E-state index contributed by atoms with van der Waals surface area (Å²) in [7, 11) is 0. The topological polar surface area (TPSA) is 57.5 Å². The van der Waals surface area contributed by atoms with E-state index in [1.807, 2.05) is 48.5 Å². The van der Waals surface area contributed by atoms with E-state index in [2.05, 4.69) is 65.6 Å². The standard InChI is InChI=1S/C36H20N4O2/c41-36-27-18-24(14-16-26(27)35-38-29-10-2-6-21-8-4-12-31(33(21)29)40(35)36)42-23-13-15-25-22(17-23)19-39-30-11-3-7-20-5-1-9-28(32(20)30)37-34(25)39/h1-18H,19H2. The molecule has 0 radical (unpaired) electrons. The number of fused-ring (bicyclic) bond motifs is 8. The number of hydrogen-bond donors (Lipinski definition) is 0. The Morgan fingerprint density at radius 2 is 1.21 bits per heavy atom. The number of carbonyl (C=O) groups excluding carboxylic acids is 1. The third kappa shape index (κ3) is 2.80. The van der Waals surface area contributed by atoms with E-state index in [9.17, 15) is 4.79 Å². The Bertz CT molecular complexity index is 2290. The summed E-state index contributed by atoms with van der Waals surface area (Å²) in [6.07, 6.45) is 0. The van der Waals surface area contributed by atoms with E-state index in [4.69, 9.17) is 14.7 Å². The fourth-order valence-electron chi connectivity index (χ4n) is 6.89. The molecule has 6 heteroatoms. The van der Waals surface area contributed by atoms with Crippen LogP contribution in [0.3, 0.4) is 0 Å². The molecular formula is C36H20N4O2. The van der Waals surface area contributed by atoms with E-state index >= 15 is 0 Å². The molecule has 4 heterocycles. The minimum atomic E-state index is -0.0891. The first-order valence-corrected chi connectivity index (χ1v) is 14.0. The lowest BCUT2D eigenvalue weighted by molar-refractivity contribution is 0.101. The predicted octanol–water partition coefficient (Wildman–Crippen LogP) is 8.25. The number of nitrogens with zero attached hydrogens (tertiary/aromatic N) is 4. The van der Waals surface area contributed by atoms with E-state index in [1.165, 1.54) is 16.5 Å². The van der Waals surface area contributed by atoms with Crippen LogP contribution in [0.25, 0.3) is 21.5 Å². The Labute approximate surface area is 240 Å². The van der Waals surface area contributed by atoms with E-state index < -0.39 is 0 Å². The largest absolute Gasteiger partial charge is 0.457 e. The average Bonchev–Trinajstić information content (AvgIpc) is 3.52. The van der Waals surface area contributed by atoms with Crippen LogP contribution in [0.15, 0.2) is 119 Å². The summed E-state index contributed by atoms with van der Waals surface area (Å²) >= 11 is 0. The molecule has 196 valence electrons. The van der Waals surface area contributed by atoms with Gasteiger partial charge in [-0.1, -0.05) is 48.5 Å². The first kappa shape index (κ1) is 22.0. The number of ether oxygens (including phenoxy) is 1. The number of amidine groups is 2.